The number of aryl methyl sites for hydroxylation is 1. The van der Waals surface area contributed by atoms with Gasteiger partial charge in [-0.2, -0.15) is 18.3 Å². The zero-order valence-electron chi connectivity index (χ0n) is 19.1. The van der Waals surface area contributed by atoms with Crippen LogP contribution in [-0.2, 0) is 12.7 Å². The lowest BCUT2D eigenvalue weighted by Crippen LogP contribution is -2.47. The largest absolute Gasteiger partial charge is 0.417 e. The van der Waals surface area contributed by atoms with Crippen LogP contribution in [-0.4, -0.2) is 31.4 Å². The summed E-state index contributed by atoms with van der Waals surface area (Å²) in [6.07, 6.45) is 3.20. The van der Waals surface area contributed by atoms with Gasteiger partial charge in [-0.15, -0.1) is 0 Å². The number of amides is 1. The molecule has 6 nitrogen and oxygen atoms in total. The van der Waals surface area contributed by atoms with Gasteiger partial charge in [-0.1, -0.05) is 49.1 Å². The van der Waals surface area contributed by atoms with Crippen LogP contribution in [0.4, 0.5) is 13.2 Å². The van der Waals surface area contributed by atoms with E-state index < -0.39 is 40.0 Å². The number of nitrogens with one attached hydrogen (secondary N) is 1. The lowest BCUT2D eigenvalue weighted by atomic mass is 9.76. The van der Waals surface area contributed by atoms with E-state index in [1.165, 1.54) is 0 Å². The third-order valence-corrected chi connectivity index (χ3v) is 6.83. The van der Waals surface area contributed by atoms with Crippen LogP contribution in [0.2, 0.25) is 5.02 Å². The number of hydrogen-bond acceptors (Lipinski definition) is 4. The van der Waals surface area contributed by atoms with Crippen molar-refractivity contribution in [2.45, 2.75) is 63.4 Å². The number of carbonyl (C=O) groups excluding carboxylic acids is 1. The van der Waals surface area contributed by atoms with E-state index in [9.17, 15) is 23.1 Å². The predicted octanol–water partition coefficient (Wildman–Crippen LogP) is 5.80. The average Bonchev–Trinajstić information content (AvgIpc) is 3.32. The lowest BCUT2D eigenvalue weighted by molar-refractivity contribution is -0.137. The molecule has 2 N–H and O–H groups in total. The Balaban J connectivity index is 1.72. The number of aliphatic hydroxyl groups is 1. The van der Waals surface area contributed by atoms with Gasteiger partial charge >= 0.3 is 6.18 Å². The van der Waals surface area contributed by atoms with Crippen LogP contribution < -0.4 is 5.32 Å². The summed E-state index contributed by atoms with van der Waals surface area (Å²) in [4.78, 5) is 17.0. The number of pyridine rings is 1. The normalized spacial score (nSPS) is 16.6. The molecule has 1 aliphatic carbocycles. The summed E-state index contributed by atoms with van der Waals surface area (Å²) in [6, 6.07) is 7.21. The topological polar surface area (TPSA) is 80.0 Å². The standard InChI is InChI=1S/C25H26ClF3N4O2/c1-2-33-15-18(14-31-33)16-7-6-8-17(13-16)22(24(35)10-4-3-5-11-24)32-23(34)21-20(26)19(9-12-30-21)25(27,28)29/h6-9,12-15,22,35H,2-5,10-11H2,1H3,(H,32,34). The van der Waals surface area contributed by atoms with Crippen molar-refractivity contribution in [1.82, 2.24) is 20.1 Å². The lowest BCUT2D eigenvalue weighted by Gasteiger charge is -2.40. The van der Waals surface area contributed by atoms with Crippen LogP contribution in [0.3, 0.4) is 0 Å². The van der Waals surface area contributed by atoms with E-state index in [1.807, 2.05) is 31.3 Å². The Hall–Kier alpha value is -2.91. The maximum Gasteiger partial charge on any atom is 0.417 e. The second-order valence-corrected chi connectivity index (χ2v) is 9.18. The van der Waals surface area contributed by atoms with Gasteiger partial charge < -0.3 is 10.4 Å². The summed E-state index contributed by atoms with van der Waals surface area (Å²) in [7, 11) is 0. The first-order chi connectivity index (χ1) is 16.6. The molecule has 1 fully saturated rings. The zero-order valence-corrected chi connectivity index (χ0v) is 19.9. The number of hydrogen-bond donors (Lipinski definition) is 2. The molecule has 1 aliphatic rings. The monoisotopic (exact) mass is 506 g/mol. The molecule has 0 spiro atoms. The minimum atomic E-state index is -4.73. The van der Waals surface area contributed by atoms with E-state index in [0.717, 1.165) is 42.7 Å². The molecule has 186 valence electrons. The van der Waals surface area contributed by atoms with Gasteiger partial charge in [0.1, 0.15) is 5.69 Å². The van der Waals surface area contributed by atoms with Crippen molar-refractivity contribution in [2.24, 2.45) is 0 Å². The average molecular weight is 507 g/mol. The molecular formula is C25H26ClF3N4O2. The smallest absolute Gasteiger partial charge is 0.387 e. The van der Waals surface area contributed by atoms with Crippen molar-refractivity contribution in [3.05, 3.63) is 70.8 Å². The number of halogens is 4. The quantitative estimate of drug-likeness (QED) is 0.442. The Morgan fingerprint density at radius 3 is 2.63 bits per heavy atom. The van der Waals surface area contributed by atoms with Gasteiger partial charge in [0.15, 0.2) is 0 Å². The fourth-order valence-corrected chi connectivity index (χ4v) is 4.89. The van der Waals surface area contributed by atoms with Gasteiger partial charge in [-0.05, 0) is 43.0 Å². The highest BCUT2D eigenvalue weighted by Gasteiger charge is 2.41. The third kappa shape index (κ3) is 5.36. The van der Waals surface area contributed by atoms with Crippen LogP contribution in [0.25, 0.3) is 11.1 Å². The van der Waals surface area contributed by atoms with E-state index in [4.69, 9.17) is 11.6 Å². The Bertz CT molecular complexity index is 1210. The van der Waals surface area contributed by atoms with Crippen LogP contribution in [0.15, 0.2) is 48.9 Å². The van der Waals surface area contributed by atoms with Crippen molar-refractivity contribution in [2.75, 3.05) is 0 Å². The predicted molar refractivity (Wildman–Crippen MR) is 126 cm³/mol. The first kappa shape index (κ1) is 25.2. The summed E-state index contributed by atoms with van der Waals surface area (Å²) in [5.74, 6) is -0.880. The maximum absolute atomic E-state index is 13.3. The number of benzene rings is 1. The Labute approximate surface area is 206 Å². The molecule has 0 aliphatic heterocycles. The molecule has 35 heavy (non-hydrogen) atoms. The highest BCUT2D eigenvalue weighted by atomic mass is 35.5. The molecule has 3 aromatic rings. The van der Waals surface area contributed by atoms with E-state index in [1.54, 1.807) is 16.9 Å². The second kappa shape index (κ2) is 9.99. The highest BCUT2D eigenvalue weighted by molar-refractivity contribution is 6.34. The summed E-state index contributed by atoms with van der Waals surface area (Å²) >= 11 is 5.94. The van der Waals surface area contributed by atoms with Crippen molar-refractivity contribution in [3.63, 3.8) is 0 Å². The van der Waals surface area contributed by atoms with Gasteiger partial charge in [-0.25, -0.2) is 4.98 Å². The van der Waals surface area contributed by atoms with Crippen LogP contribution in [0, 0.1) is 0 Å². The number of carbonyl (C=O) groups is 1. The molecule has 4 rings (SSSR count). The molecular weight excluding hydrogens is 481 g/mol. The molecule has 1 unspecified atom stereocenters. The van der Waals surface area contributed by atoms with E-state index in [-0.39, 0.29) is 0 Å². The fraction of sp³-hybridized carbons (Fsp3) is 0.400. The van der Waals surface area contributed by atoms with Crippen molar-refractivity contribution < 1.29 is 23.1 Å². The molecule has 2 heterocycles. The Morgan fingerprint density at radius 2 is 1.97 bits per heavy atom. The molecule has 1 amide bonds. The molecule has 0 bridgehead atoms. The van der Waals surface area contributed by atoms with Crippen molar-refractivity contribution in [3.8, 4) is 11.1 Å². The summed E-state index contributed by atoms with van der Waals surface area (Å²) in [6.45, 7) is 2.69. The zero-order chi connectivity index (χ0) is 25.2. The molecule has 2 aromatic heterocycles. The van der Waals surface area contributed by atoms with Crippen molar-refractivity contribution in [1.29, 1.82) is 0 Å². The Morgan fingerprint density at radius 1 is 1.23 bits per heavy atom. The molecule has 1 aromatic carbocycles. The van der Waals surface area contributed by atoms with Gasteiger partial charge in [0.25, 0.3) is 5.91 Å². The number of nitrogens with zero attached hydrogens (tertiary/aromatic N) is 3. The molecule has 0 saturated heterocycles. The molecule has 1 atom stereocenters. The third-order valence-electron chi connectivity index (χ3n) is 6.45. The summed E-state index contributed by atoms with van der Waals surface area (Å²) < 4.78 is 41.7. The van der Waals surface area contributed by atoms with Crippen molar-refractivity contribution >= 4 is 17.5 Å². The summed E-state index contributed by atoms with van der Waals surface area (Å²) in [5, 5.41) is 17.8. The fourth-order valence-electron chi connectivity index (χ4n) is 4.58. The minimum absolute atomic E-state index is 0.444. The first-order valence-electron chi connectivity index (χ1n) is 11.5. The molecule has 1 saturated carbocycles. The summed E-state index contributed by atoms with van der Waals surface area (Å²) in [5.41, 5.74) is -0.594. The van der Waals surface area contributed by atoms with Crippen LogP contribution in [0.5, 0.6) is 0 Å². The van der Waals surface area contributed by atoms with E-state index in [2.05, 4.69) is 15.4 Å². The SMILES string of the molecule is CCn1cc(-c2cccc(C(NC(=O)c3nccc(C(F)(F)F)c3Cl)C3(O)CCCCC3)c2)cn1. The Kier molecular flexibility index (Phi) is 7.19. The van der Waals surface area contributed by atoms with Crippen LogP contribution in [0.1, 0.15) is 66.7 Å². The minimum Gasteiger partial charge on any atom is -0.387 e. The maximum atomic E-state index is 13.3. The highest BCUT2D eigenvalue weighted by Crippen LogP contribution is 2.40. The molecule has 10 heteroatoms. The van der Waals surface area contributed by atoms with Gasteiger partial charge in [0, 0.05) is 24.5 Å². The van der Waals surface area contributed by atoms with Gasteiger partial charge in [-0.3, -0.25) is 9.48 Å². The number of rotatable bonds is 6. The van der Waals surface area contributed by atoms with Crippen LogP contribution >= 0.6 is 11.6 Å². The number of aromatic nitrogens is 3. The second-order valence-electron chi connectivity index (χ2n) is 8.80. The van der Waals surface area contributed by atoms with Gasteiger partial charge in [0.05, 0.1) is 28.4 Å². The first-order valence-corrected chi connectivity index (χ1v) is 11.9. The van der Waals surface area contributed by atoms with E-state index in [0.29, 0.717) is 24.9 Å². The van der Waals surface area contributed by atoms with E-state index >= 15 is 0 Å². The number of alkyl halides is 3. The molecule has 0 radical (unpaired) electrons. The van der Waals surface area contributed by atoms with Gasteiger partial charge in [0.2, 0.25) is 0 Å².